The highest BCUT2D eigenvalue weighted by atomic mass is 19.1. The first kappa shape index (κ1) is 13.5. The van der Waals surface area contributed by atoms with Gasteiger partial charge in [-0.05, 0) is 31.0 Å². The van der Waals surface area contributed by atoms with E-state index < -0.39 is 11.9 Å². The van der Waals surface area contributed by atoms with Crippen LogP contribution < -0.4 is 5.32 Å². The van der Waals surface area contributed by atoms with Gasteiger partial charge in [0.25, 0.3) is 0 Å². The number of ether oxygens (including phenoxy) is 1. The van der Waals surface area contributed by atoms with E-state index in [-0.39, 0.29) is 24.2 Å². The van der Waals surface area contributed by atoms with Crippen LogP contribution in [0.5, 0.6) is 0 Å². The van der Waals surface area contributed by atoms with Crippen molar-refractivity contribution in [3.63, 3.8) is 0 Å². The number of hydrogen-bond donors (Lipinski definition) is 1. The van der Waals surface area contributed by atoms with Gasteiger partial charge in [-0.25, -0.2) is 4.39 Å². The zero-order chi connectivity index (χ0) is 13.8. The molecule has 0 radical (unpaired) electrons. The van der Waals surface area contributed by atoms with Gasteiger partial charge in [-0.3, -0.25) is 9.59 Å². The number of nitrogens with one attached hydrogen (secondary N) is 1. The average molecular weight is 265 g/mol. The second-order valence-corrected chi connectivity index (χ2v) is 4.47. The van der Waals surface area contributed by atoms with E-state index in [4.69, 9.17) is 4.74 Å². The molecule has 0 unspecified atom stereocenters. The van der Waals surface area contributed by atoms with Gasteiger partial charge in [0.05, 0.1) is 6.61 Å². The molecule has 2 rings (SSSR count). The maximum Gasteiger partial charge on any atom is 0.319 e. The first-order valence-electron chi connectivity index (χ1n) is 6.33. The smallest absolute Gasteiger partial charge is 0.319 e. The van der Waals surface area contributed by atoms with Gasteiger partial charge >= 0.3 is 5.97 Å². The molecule has 1 aromatic rings. The summed E-state index contributed by atoms with van der Waals surface area (Å²) in [5.41, 5.74) is 0.786. The molecule has 2 atom stereocenters. The zero-order valence-electron chi connectivity index (χ0n) is 10.7. The summed E-state index contributed by atoms with van der Waals surface area (Å²) in [7, 11) is 0. The first-order valence-corrected chi connectivity index (χ1v) is 6.33. The van der Waals surface area contributed by atoms with E-state index >= 15 is 0 Å². The van der Waals surface area contributed by atoms with Gasteiger partial charge in [-0.2, -0.15) is 0 Å². The molecule has 1 aromatic carbocycles. The van der Waals surface area contributed by atoms with Crippen LogP contribution in [0.1, 0.15) is 24.8 Å². The van der Waals surface area contributed by atoms with E-state index in [1.807, 2.05) is 0 Å². The Kier molecular flexibility index (Phi) is 4.14. The highest BCUT2D eigenvalue weighted by Gasteiger charge is 2.39. The van der Waals surface area contributed by atoms with Crippen LogP contribution in [0.3, 0.4) is 0 Å². The largest absolute Gasteiger partial charge is 0.465 e. The average Bonchev–Trinajstić information content (AvgIpc) is 2.39. The number of amides is 1. The van der Waals surface area contributed by atoms with Crippen LogP contribution in [-0.2, 0) is 14.3 Å². The summed E-state index contributed by atoms with van der Waals surface area (Å²) in [5, 5.41) is 2.67. The second kappa shape index (κ2) is 5.82. The van der Waals surface area contributed by atoms with Crippen LogP contribution in [0.15, 0.2) is 24.3 Å². The van der Waals surface area contributed by atoms with Crippen LogP contribution in [-0.4, -0.2) is 25.0 Å². The number of benzene rings is 1. The predicted molar refractivity (Wildman–Crippen MR) is 66.9 cm³/mol. The minimum Gasteiger partial charge on any atom is -0.465 e. The van der Waals surface area contributed by atoms with Gasteiger partial charge in [0.2, 0.25) is 5.91 Å². The first-order chi connectivity index (χ1) is 9.13. The summed E-state index contributed by atoms with van der Waals surface area (Å²) in [4.78, 5) is 23.8. The quantitative estimate of drug-likeness (QED) is 0.667. The Morgan fingerprint density at radius 3 is 2.74 bits per heavy atom. The summed E-state index contributed by atoms with van der Waals surface area (Å²) in [6.45, 7) is 2.45. The Morgan fingerprint density at radius 1 is 1.42 bits per heavy atom. The minimum absolute atomic E-state index is 0.235. The van der Waals surface area contributed by atoms with Gasteiger partial charge in [-0.1, -0.05) is 12.1 Å². The Labute approximate surface area is 110 Å². The number of carbonyl (C=O) groups excluding carboxylic acids is 2. The summed E-state index contributed by atoms with van der Waals surface area (Å²) in [5.74, 6) is -2.28. The third-order valence-electron chi connectivity index (χ3n) is 3.28. The van der Waals surface area contributed by atoms with Crippen molar-refractivity contribution in [2.24, 2.45) is 5.92 Å². The Bertz CT molecular complexity index is 472. The molecule has 1 fully saturated rings. The van der Waals surface area contributed by atoms with Crippen molar-refractivity contribution >= 4 is 11.9 Å². The van der Waals surface area contributed by atoms with Crippen LogP contribution >= 0.6 is 0 Å². The van der Waals surface area contributed by atoms with Crippen LogP contribution in [0.2, 0.25) is 0 Å². The van der Waals surface area contributed by atoms with Crippen molar-refractivity contribution in [1.29, 1.82) is 0 Å². The molecule has 102 valence electrons. The molecule has 5 heteroatoms. The van der Waals surface area contributed by atoms with Gasteiger partial charge in [0, 0.05) is 12.5 Å². The predicted octanol–water partition coefficient (Wildman–Crippen LogP) is 1.61. The van der Waals surface area contributed by atoms with E-state index in [0.717, 1.165) is 5.56 Å². The summed E-state index contributed by atoms with van der Waals surface area (Å²) in [6, 6.07) is 5.91. The molecule has 1 aliphatic rings. The van der Waals surface area contributed by atoms with Crippen LogP contribution in [0, 0.1) is 11.7 Å². The van der Waals surface area contributed by atoms with Crippen LogP contribution in [0.4, 0.5) is 4.39 Å². The SMILES string of the molecule is CCOC(=O)[C@H]1C(=O)NCC[C@@H]1c1ccc(F)cc1. The number of rotatable bonds is 3. The summed E-state index contributed by atoms with van der Waals surface area (Å²) < 4.78 is 17.9. The number of hydrogen-bond acceptors (Lipinski definition) is 3. The van der Waals surface area contributed by atoms with Crippen molar-refractivity contribution in [2.75, 3.05) is 13.2 Å². The summed E-state index contributed by atoms with van der Waals surface area (Å²) >= 11 is 0. The molecular formula is C14H16FNO3. The normalized spacial score (nSPS) is 22.7. The molecule has 4 nitrogen and oxygen atoms in total. The lowest BCUT2D eigenvalue weighted by molar-refractivity contribution is -0.154. The topological polar surface area (TPSA) is 55.4 Å². The molecule has 0 aromatic heterocycles. The van der Waals surface area contributed by atoms with Crippen molar-refractivity contribution < 1.29 is 18.7 Å². The summed E-state index contributed by atoms with van der Waals surface area (Å²) in [6.07, 6.45) is 0.640. The Morgan fingerprint density at radius 2 is 2.11 bits per heavy atom. The number of carbonyl (C=O) groups is 2. The van der Waals surface area contributed by atoms with Gasteiger partial charge in [0.1, 0.15) is 11.7 Å². The lowest BCUT2D eigenvalue weighted by atomic mass is 9.80. The fourth-order valence-corrected chi connectivity index (χ4v) is 2.38. The lowest BCUT2D eigenvalue weighted by Gasteiger charge is -2.29. The highest BCUT2D eigenvalue weighted by Crippen LogP contribution is 2.31. The molecule has 0 spiro atoms. The molecule has 1 amide bonds. The van der Waals surface area contributed by atoms with Crippen LogP contribution in [0.25, 0.3) is 0 Å². The molecule has 1 saturated heterocycles. The fraction of sp³-hybridized carbons (Fsp3) is 0.429. The molecular weight excluding hydrogens is 249 g/mol. The minimum atomic E-state index is -0.848. The van der Waals surface area contributed by atoms with Crippen molar-refractivity contribution in [2.45, 2.75) is 19.3 Å². The van der Waals surface area contributed by atoms with E-state index in [0.29, 0.717) is 13.0 Å². The maximum atomic E-state index is 12.9. The molecule has 1 N–H and O–H groups in total. The van der Waals surface area contributed by atoms with E-state index in [1.54, 1.807) is 19.1 Å². The number of piperidine rings is 1. The Balaban J connectivity index is 2.27. The standard InChI is InChI=1S/C14H16FNO3/c1-2-19-14(18)12-11(7-8-16-13(12)17)9-3-5-10(15)6-4-9/h3-6,11-12H,2,7-8H2,1H3,(H,16,17)/t11-,12-/m1/s1. The second-order valence-electron chi connectivity index (χ2n) is 4.47. The number of halogens is 1. The van der Waals surface area contributed by atoms with E-state index in [1.165, 1.54) is 12.1 Å². The van der Waals surface area contributed by atoms with Crippen molar-refractivity contribution in [3.05, 3.63) is 35.6 Å². The van der Waals surface area contributed by atoms with E-state index in [2.05, 4.69) is 5.32 Å². The Hall–Kier alpha value is -1.91. The highest BCUT2D eigenvalue weighted by molar-refractivity contribution is 5.99. The number of esters is 1. The molecule has 19 heavy (non-hydrogen) atoms. The fourth-order valence-electron chi connectivity index (χ4n) is 2.38. The van der Waals surface area contributed by atoms with Gasteiger partial charge in [-0.15, -0.1) is 0 Å². The lowest BCUT2D eigenvalue weighted by Crippen LogP contribution is -2.45. The third-order valence-corrected chi connectivity index (χ3v) is 3.28. The molecule has 1 heterocycles. The molecule has 0 aliphatic carbocycles. The zero-order valence-corrected chi connectivity index (χ0v) is 10.7. The molecule has 0 bridgehead atoms. The molecule has 1 aliphatic heterocycles. The van der Waals surface area contributed by atoms with Gasteiger partial charge in [0.15, 0.2) is 0 Å². The monoisotopic (exact) mass is 265 g/mol. The third kappa shape index (κ3) is 2.92. The van der Waals surface area contributed by atoms with E-state index in [9.17, 15) is 14.0 Å². The molecule has 0 saturated carbocycles. The maximum absolute atomic E-state index is 12.9. The van der Waals surface area contributed by atoms with Crippen molar-refractivity contribution in [1.82, 2.24) is 5.32 Å². The van der Waals surface area contributed by atoms with Gasteiger partial charge < -0.3 is 10.1 Å². The van der Waals surface area contributed by atoms with Crippen molar-refractivity contribution in [3.8, 4) is 0 Å².